The van der Waals surface area contributed by atoms with Crippen molar-refractivity contribution in [3.63, 3.8) is 0 Å². The quantitative estimate of drug-likeness (QED) is 0.735. The van der Waals surface area contributed by atoms with E-state index in [4.69, 9.17) is 19.9 Å². The van der Waals surface area contributed by atoms with Crippen LogP contribution in [0.3, 0.4) is 0 Å². The van der Waals surface area contributed by atoms with Crippen molar-refractivity contribution in [1.29, 1.82) is 0 Å². The summed E-state index contributed by atoms with van der Waals surface area (Å²) in [5.74, 6) is 0.833. The van der Waals surface area contributed by atoms with E-state index in [1.54, 1.807) is 0 Å². The van der Waals surface area contributed by atoms with Gasteiger partial charge in [-0.25, -0.2) is 0 Å². The first-order valence-corrected chi connectivity index (χ1v) is 6.65. The molecule has 19 heavy (non-hydrogen) atoms. The predicted molar refractivity (Wildman–Crippen MR) is 76.4 cm³/mol. The van der Waals surface area contributed by atoms with Crippen molar-refractivity contribution in [1.82, 2.24) is 0 Å². The van der Waals surface area contributed by atoms with Gasteiger partial charge in [0.2, 0.25) is 0 Å². The highest BCUT2D eigenvalue weighted by Crippen LogP contribution is 2.16. The van der Waals surface area contributed by atoms with Gasteiger partial charge in [0, 0.05) is 12.1 Å². The lowest BCUT2D eigenvalue weighted by Crippen LogP contribution is -2.22. The fourth-order valence-electron chi connectivity index (χ4n) is 1.53. The molecule has 0 aliphatic heterocycles. The first kappa shape index (κ1) is 16.0. The molecule has 0 aliphatic rings. The molecule has 0 aliphatic carbocycles. The van der Waals surface area contributed by atoms with Gasteiger partial charge in [-0.15, -0.1) is 0 Å². The summed E-state index contributed by atoms with van der Waals surface area (Å²) in [6, 6.07) is 7.78. The number of rotatable bonds is 8. The Balaban J connectivity index is 2.11. The summed E-state index contributed by atoms with van der Waals surface area (Å²) >= 11 is 0. The van der Waals surface area contributed by atoms with Gasteiger partial charge in [0.05, 0.1) is 25.4 Å². The Labute approximate surface area is 115 Å². The van der Waals surface area contributed by atoms with Gasteiger partial charge in [0.15, 0.2) is 0 Å². The van der Waals surface area contributed by atoms with Gasteiger partial charge in [-0.1, -0.05) is 18.2 Å². The Morgan fingerprint density at radius 1 is 1.00 bits per heavy atom. The molecule has 0 amide bonds. The van der Waals surface area contributed by atoms with E-state index in [9.17, 15) is 0 Å². The van der Waals surface area contributed by atoms with E-state index in [0.29, 0.717) is 33.0 Å². The second kappa shape index (κ2) is 8.15. The van der Waals surface area contributed by atoms with Crippen molar-refractivity contribution in [3.05, 3.63) is 29.8 Å². The normalized spacial score (nSPS) is 11.6. The van der Waals surface area contributed by atoms with E-state index >= 15 is 0 Å². The third kappa shape index (κ3) is 7.15. The van der Waals surface area contributed by atoms with Gasteiger partial charge in [0.25, 0.3) is 0 Å². The van der Waals surface area contributed by atoms with Crippen molar-refractivity contribution >= 4 is 0 Å². The minimum atomic E-state index is -0.111. The molecule has 0 spiro atoms. The minimum Gasteiger partial charge on any atom is -0.491 e. The average Bonchev–Trinajstić information content (AvgIpc) is 2.37. The zero-order valence-corrected chi connectivity index (χ0v) is 12.1. The second-order valence-corrected chi connectivity index (χ2v) is 5.23. The van der Waals surface area contributed by atoms with Crippen LogP contribution in [0.15, 0.2) is 24.3 Å². The van der Waals surface area contributed by atoms with E-state index < -0.39 is 0 Å². The van der Waals surface area contributed by atoms with Gasteiger partial charge in [0.1, 0.15) is 12.4 Å². The molecule has 0 bridgehead atoms. The molecule has 0 atom stereocenters. The van der Waals surface area contributed by atoms with Crippen LogP contribution in [0.1, 0.15) is 26.3 Å². The molecule has 4 nitrogen and oxygen atoms in total. The summed E-state index contributed by atoms with van der Waals surface area (Å²) in [6.45, 7) is 8.82. The van der Waals surface area contributed by atoms with E-state index in [2.05, 4.69) is 0 Å². The van der Waals surface area contributed by atoms with Gasteiger partial charge in [-0.3, -0.25) is 0 Å². The van der Waals surface area contributed by atoms with E-state index in [1.807, 2.05) is 45.0 Å². The fourth-order valence-corrected chi connectivity index (χ4v) is 1.53. The number of para-hydroxylation sites is 1. The first-order valence-electron chi connectivity index (χ1n) is 6.65. The molecule has 0 saturated carbocycles. The molecule has 0 heterocycles. The lowest BCUT2D eigenvalue weighted by molar-refractivity contribution is -0.0376. The van der Waals surface area contributed by atoms with Crippen LogP contribution in [0.2, 0.25) is 0 Å². The topological polar surface area (TPSA) is 53.7 Å². The smallest absolute Gasteiger partial charge is 0.123 e. The summed E-state index contributed by atoms with van der Waals surface area (Å²) in [5, 5.41) is 0. The summed E-state index contributed by atoms with van der Waals surface area (Å²) < 4.78 is 16.6. The van der Waals surface area contributed by atoms with Crippen LogP contribution >= 0.6 is 0 Å². The van der Waals surface area contributed by atoms with Crippen LogP contribution in [0, 0.1) is 0 Å². The second-order valence-electron chi connectivity index (χ2n) is 5.23. The lowest BCUT2D eigenvalue weighted by Gasteiger charge is -2.19. The molecule has 0 saturated heterocycles. The maximum atomic E-state index is 5.63. The van der Waals surface area contributed by atoms with Crippen LogP contribution in [0.5, 0.6) is 5.75 Å². The molecular weight excluding hydrogens is 242 g/mol. The Morgan fingerprint density at radius 3 is 2.37 bits per heavy atom. The maximum Gasteiger partial charge on any atom is 0.123 e. The van der Waals surface area contributed by atoms with Crippen molar-refractivity contribution in [2.45, 2.75) is 32.9 Å². The number of hydrogen-bond donors (Lipinski definition) is 1. The Hall–Kier alpha value is -1.10. The zero-order chi connectivity index (χ0) is 14.1. The fraction of sp³-hybridized carbons (Fsp3) is 0.600. The van der Waals surface area contributed by atoms with Gasteiger partial charge < -0.3 is 19.9 Å². The number of nitrogens with two attached hydrogens (primary N) is 1. The van der Waals surface area contributed by atoms with Crippen molar-refractivity contribution in [2.75, 3.05) is 26.4 Å². The van der Waals surface area contributed by atoms with Crippen LogP contribution in [0.25, 0.3) is 0 Å². The number of ether oxygens (including phenoxy) is 3. The van der Waals surface area contributed by atoms with Gasteiger partial charge in [-0.05, 0) is 26.8 Å². The largest absolute Gasteiger partial charge is 0.491 e. The van der Waals surface area contributed by atoms with Crippen molar-refractivity contribution in [3.8, 4) is 5.75 Å². The average molecular weight is 267 g/mol. The molecule has 0 aromatic heterocycles. The summed E-state index contributed by atoms with van der Waals surface area (Å²) in [4.78, 5) is 0. The lowest BCUT2D eigenvalue weighted by atomic mass is 10.2. The molecule has 108 valence electrons. The Kier molecular flexibility index (Phi) is 6.84. The van der Waals surface area contributed by atoms with E-state index in [1.165, 1.54) is 0 Å². The molecule has 4 heteroatoms. The SMILES string of the molecule is CC(C)(C)OCCOCCOc1ccccc1CN. The van der Waals surface area contributed by atoms with Crippen LogP contribution < -0.4 is 10.5 Å². The summed E-state index contributed by atoms with van der Waals surface area (Å²) in [5.41, 5.74) is 6.53. The van der Waals surface area contributed by atoms with E-state index in [0.717, 1.165) is 11.3 Å². The first-order chi connectivity index (χ1) is 9.03. The van der Waals surface area contributed by atoms with Crippen LogP contribution in [-0.2, 0) is 16.0 Å². The highest BCUT2D eigenvalue weighted by atomic mass is 16.5. The summed E-state index contributed by atoms with van der Waals surface area (Å²) in [7, 11) is 0. The Morgan fingerprint density at radius 2 is 1.68 bits per heavy atom. The number of benzene rings is 1. The van der Waals surface area contributed by atoms with Crippen molar-refractivity contribution < 1.29 is 14.2 Å². The van der Waals surface area contributed by atoms with Crippen LogP contribution in [-0.4, -0.2) is 32.0 Å². The number of hydrogen-bond acceptors (Lipinski definition) is 4. The van der Waals surface area contributed by atoms with Crippen LogP contribution in [0.4, 0.5) is 0 Å². The molecule has 2 N–H and O–H groups in total. The molecule has 1 rings (SSSR count). The highest BCUT2D eigenvalue weighted by molar-refractivity contribution is 5.32. The molecule has 0 unspecified atom stereocenters. The minimum absolute atomic E-state index is 0.111. The highest BCUT2D eigenvalue weighted by Gasteiger charge is 2.08. The van der Waals surface area contributed by atoms with Gasteiger partial charge in [-0.2, -0.15) is 0 Å². The molecule has 1 aromatic rings. The standard InChI is InChI=1S/C15H25NO3/c1-15(2,3)19-11-9-17-8-10-18-14-7-5-4-6-13(14)12-16/h4-7H,8-12,16H2,1-3H3. The van der Waals surface area contributed by atoms with E-state index in [-0.39, 0.29) is 5.60 Å². The molecule has 1 aromatic carbocycles. The monoisotopic (exact) mass is 267 g/mol. The molecule has 0 radical (unpaired) electrons. The molecular formula is C15H25NO3. The van der Waals surface area contributed by atoms with Gasteiger partial charge >= 0.3 is 0 Å². The third-order valence-electron chi connectivity index (χ3n) is 2.44. The molecule has 0 fully saturated rings. The maximum absolute atomic E-state index is 5.63. The predicted octanol–water partition coefficient (Wildman–Crippen LogP) is 2.36. The Bertz CT molecular complexity index is 361. The zero-order valence-electron chi connectivity index (χ0n) is 12.1. The van der Waals surface area contributed by atoms with Crippen molar-refractivity contribution in [2.24, 2.45) is 5.73 Å². The third-order valence-corrected chi connectivity index (χ3v) is 2.44. The summed E-state index contributed by atoms with van der Waals surface area (Å²) in [6.07, 6.45) is 0.